The highest BCUT2D eigenvalue weighted by atomic mass is 16.6. The minimum atomic E-state index is -0.564. The van der Waals surface area contributed by atoms with Crippen molar-refractivity contribution in [2.75, 3.05) is 6.61 Å². The molecular formula is C23H23N3O3. The normalized spacial score (nSPS) is 16.1. The summed E-state index contributed by atoms with van der Waals surface area (Å²) in [7, 11) is 0. The van der Waals surface area contributed by atoms with Crippen LogP contribution in [-0.4, -0.2) is 39.3 Å². The number of cyclic esters (lactones) is 1. The van der Waals surface area contributed by atoms with Gasteiger partial charge in [-0.25, -0.2) is 14.4 Å². The second-order valence-electron chi connectivity index (χ2n) is 7.37. The van der Waals surface area contributed by atoms with Crippen LogP contribution in [0.3, 0.4) is 0 Å². The molecule has 3 aromatic rings. The van der Waals surface area contributed by atoms with Crippen molar-refractivity contribution >= 4 is 12.0 Å². The summed E-state index contributed by atoms with van der Waals surface area (Å²) in [6.07, 6.45) is 0.156. The molecule has 0 N–H and O–H groups in total. The van der Waals surface area contributed by atoms with E-state index < -0.39 is 6.09 Å². The van der Waals surface area contributed by atoms with Crippen LogP contribution in [0.5, 0.6) is 0 Å². The van der Waals surface area contributed by atoms with Gasteiger partial charge in [0.25, 0.3) is 0 Å². The molecule has 29 heavy (non-hydrogen) atoms. The Balaban J connectivity index is 1.51. The fourth-order valence-corrected chi connectivity index (χ4v) is 3.75. The van der Waals surface area contributed by atoms with Crippen LogP contribution in [0.15, 0.2) is 60.7 Å². The van der Waals surface area contributed by atoms with Gasteiger partial charge >= 0.3 is 6.09 Å². The number of carbonyl (C=O) groups excluding carboxylic acids is 2. The smallest absolute Gasteiger partial charge is 0.416 e. The summed E-state index contributed by atoms with van der Waals surface area (Å²) in [5, 5.41) is 4.50. The molecule has 1 unspecified atom stereocenters. The molecular weight excluding hydrogens is 366 g/mol. The highest BCUT2D eigenvalue weighted by Crippen LogP contribution is 2.20. The van der Waals surface area contributed by atoms with E-state index in [9.17, 15) is 9.59 Å². The minimum Gasteiger partial charge on any atom is -0.447 e. The molecule has 0 aliphatic carbocycles. The van der Waals surface area contributed by atoms with E-state index >= 15 is 0 Å². The van der Waals surface area contributed by atoms with E-state index in [1.807, 2.05) is 79.2 Å². The lowest BCUT2D eigenvalue weighted by Crippen LogP contribution is -2.41. The molecule has 1 aromatic heterocycles. The van der Waals surface area contributed by atoms with Crippen LogP contribution in [0.2, 0.25) is 0 Å². The molecule has 0 spiro atoms. The Bertz CT molecular complexity index is 1040. The van der Waals surface area contributed by atoms with Gasteiger partial charge in [-0.05, 0) is 49.6 Å². The van der Waals surface area contributed by atoms with Gasteiger partial charge in [0.2, 0.25) is 5.91 Å². The number of ether oxygens (including phenoxy) is 1. The number of aromatic nitrogens is 2. The standard InChI is InChI=1S/C23H23N3O3/c1-16-11-17(2)26(24-16)20-10-6-9-19(13-20)14-22(27)25-21(15-29-23(25)28)12-18-7-4-3-5-8-18/h3-11,13,21H,12,14-15H2,1-2H3. The Labute approximate surface area is 169 Å². The number of rotatable bonds is 5. The molecule has 1 saturated heterocycles. The Kier molecular flexibility index (Phi) is 5.16. The van der Waals surface area contributed by atoms with Crippen LogP contribution in [0.4, 0.5) is 4.79 Å². The van der Waals surface area contributed by atoms with Gasteiger partial charge in [0.05, 0.1) is 23.8 Å². The molecule has 0 bridgehead atoms. The third kappa shape index (κ3) is 4.06. The topological polar surface area (TPSA) is 64.4 Å². The van der Waals surface area contributed by atoms with Crippen LogP contribution in [0.25, 0.3) is 5.69 Å². The Morgan fingerprint density at radius 1 is 1.07 bits per heavy atom. The summed E-state index contributed by atoms with van der Waals surface area (Å²) < 4.78 is 7.03. The monoisotopic (exact) mass is 389 g/mol. The lowest BCUT2D eigenvalue weighted by Gasteiger charge is -2.20. The second kappa shape index (κ2) is 7.91. The van der Waals surface area contributed by atoms with Crippen LogP contribution in [0.1, 0.15) is 22.5 Å². The Morgan fingerprint density at radius 3 is 2.55 bits per heavy atom. The van der Waals surface area contributed by atoms with Crippen molar-refractivity contribution in [1.82, 2.24) is 14.7 Å². The largest absolute Gasteiger partial charge is 0.447 e. The maximum atomic E-state index is 12.9. The molecule has 6 nitrogen and oxygen atoms in total. The lowest BCUT2D eigenvalue weighted by atomic mass is 10.0. The van der Waals surface area contributed by atoms with Crippen LogP contribution >= 0.6 is 0 Å². The zero-order chi connectivity index (χ0) is 20.4. The zero-order valence-corrected chi connectivity index (χ0v) is 16.5. The van der Waals surface area contributed by atoms with Gasteiger partial charge in [-0.15, -0.1) is 0 Å². The Morgan fingerprint density at radius 2 is 1.83 bits per heavy atom. The summed E-state index contributed by atoms with van der Waals surface area (Å²) in [6.45, 7) is 4.17. The molecule has 1 fully saturated rings. The van der Waals surface area contributed by atoms with E-state index in [2.05, 4.69) is 5.10 Å². The van der Waals surface area contributed by atoms with Gasteiger partial charge < -0.3 is 4.74 Å². The average molecular weight is 389 g/mol. The summed E-state index contributed by atoms with van der Waals surface area (Å²) in [4.78, 5) is 26.4. The molecule has 2 amide bonds. The van der Waals surface area contributed by atoms with E-state index in [1.54, 1.807) is 0 Å². The lowest BCUT2D eigenvalue weighted by molar-refractivity contribution is -0.128. The Hall–Kier alpha value is -3.41. The van der Waals surface area contributed by atoms with Gasteiger partial charge in [-0.2, -0.15) is 5.10 Å². The summed E-state index contributed by atoms with van der Waals surface area (Å²) >= 11 is 0. The van der Waals surface area contributed by atoms with Gasteiger partial charge in [0.1, 0.15) is 6.61 Å². The number of imide groups is 1. The molecule has 0 radical (unpaired) electrons. The van der Waals surface area contributed by atoms with Gasteiger partial charge in [0, 0.05) is 5.69 Å². The molecule has 6 heteroatoms. The average Bonchev–Trinajstić information content (AvgIpc) is 3.24. The summed E-state index contributed by atoms with van der Waals surface area (Å²) in [6, 6.07) is 19.2. The fraction of sp³-hybridized carbons (Fsp3) is 0.261. The van der Waals surface area contributed by atoms with Crippen molar-refractivity contribution in [3.05, 3.63) is 83.2 Å². The maximum Gasteiger partial charge on any atom is 0.416 e. The highest BCUT2D eigenvalue weighted by molar-refractivity contribution is 5.94. The number of carbonyl (C=O) groups is 2. The van der Waals surface area contributed by atoms with Crippen molar-refractivity contribution in [3.63, 3.8) is 0 Å². The first-order valence-electron chi connectivity index (χ1n) is 9.66. The molecule has 4 rings (SSSR count). The van der Waals surface area contributed by atoms with E-state index in [4.69, 9.17) is 4.74 Å². The van der Waals surface area contributed by atoms with E-state index in [1.165, 1.54) is 4.90 Å². The number of aryl methyl sites for hydroxylation is 2. The van der Waals surface area contributed by atoms with Crippen LogP contribution in [-0.2, 0) is 22.4 Å². The predicted molar refractivity (Wildman–Crippen MR) is 109 cm³/mol. The van der Waals surface area contributed by atoms with E-state index in [-0.39, 0.29) is 25.0 Å². The molecule has 1 atom stereocenters. The summed E-state index contributed by atoms with van der Waals surface area (Å²) in [5.41, 5.74) is 4.76. The molecule has 0 saturated carbocycles. The van der Waals surface area contributed by atoms with Crippen molar-refractivity contribution < 1.29 is 14.3 Å². The third-order valence-corrected chi connectivity index (χ3v) is 5.06. The first kappa shape index (κ1) is 18.9. The fourth-order valence-electron chi connectivity index (χ4n) is 3.75. The number of nitrogens with zero attached hydrogens (tertiary/aromatic N) is 3. The molecule has 2 heterocycles. The minimum absolute atomic E-state index is 0.132. The van der Waals surface area contributed by atoms with Crippen molar-refractivity contribution in [1.29, 1.82) is 0 Å². The number of benzene rings is 2. The quantitative estimate of drug-likeness (QED) is 0.669. The zero-order valence-electron chi connectivity index (χ0n) is 16.5. The molecule has 2 aromatic carbocycles. The van der Waals surface area contributed by atoms with E-state index in [0.29, 0.717) is 6.42 Å². The second-order valence-corrected chi connectivity index (χ2v) is 7.37. The van der Waals surface area contributed by atoms with Crippen LogP contribution < -0.4 is 0 Å². The number of hydrogen-bond donors (Lipinski definition) is 0. The first-order valence-corrected chi connectivity index (χ1v) is 9.66. The maximum absolute atomic E-state index is 12.9. The van der Waals surface area contributed by atoms with E-state index in [0.717, 1.165) is 28.2 Å². The van der Waals surface area contributed by atoms with Gasteiger partial charge in [-0.1, -0.05) is 42.5 Å². The highest BCUT2D eigenvalue weighted by Gasteiger charge is 2.37. The van der Waals surface area contributed by atoms with Gasteiger partial charge in [0.15, 0.2) is 0 Å². The van der Waals surface area contributed by atoms with Gasteiger partial charge in [-0.3, -0.25) is 4.79 Å². The van der Waals surface area contributed by atoms with Crippen molar-refractivity contribution in [2.45, 2.75) is 32.7 Å². The SMILES string of the molecule is Cc1cc(C)n(-c2cccc(CC(=O)N3C(=O)OCC3Cc3ccccc3)c2)n1. The molecule has 148 valence electrons. The third-order valence-electron chi connectivity index (χ3n) is 5.06. The first-order chi connectivity index (χ1) is 14.0. The summed E-state index contributed by atoms with van der Waals surface area (Å²) in [5.74, 6) is -0.251. The van der Waals surface area contributed by atoms with Crippen molar-refractivity contribution in [2.24, 2.45) is 0 Å². The van der Waals surface area contributed by atoms with Crippen molar-refractivity contribution in [3.8, 4) is 5.69 Å². The molecule has 1 aliphatic rings. The number of amides is 2. The number of hydrogen-bond acceptors (Lipinski definition) is 4. The predicted octanol–water partition coefficient (Wildman–Crippen LogP) is 3.62. The molecule has 1 aliphatic heterocycles. The van der Waals surface area contributed by atoms with Crippen LogP contribution in [0, 0.1) is 13.8 Å².